The monoisotopic (exact) mass is 295 g/mol. The summed E-state index contributed by atoms with van der Waals surface area (Å²) >= 11 is 5.99. The maximum atomic E-state index is 11.5. The van der Waals surface area contributed by atoms with E-state index in [1.165, 1.54) is 0 Å². The molecule has 4 rings (SSSR count). The van der Waals surface area contributed by atoms with Crippen LogP contribution in [0.3, 0.4) is 0 Å². The fourth-order valence-corrected chi connectivity index (χ4v) is 2.79. The number of furan rings is 1. The van der Waals surface area contributed by atoms with E-state index in [1.807, 2.05) is 53.1 Å². The molecule has 0 saturated carbocycles. The van der Waals surface area contributed by atoms with Gasteiger partial charge >= 0.3 is 0 Å². The van der Waals surface area contributed by atoms with Gasteiger partial charge in [0.25, 0.3) is 0 Å². The number of fused-ring (bicyclic) bond motifs is 2. The van der Waals surface area contributed by atoms with E-state index in [0.29, 0.717) is 16.5 Å². The average Bonchev–Trinajstić information content (AvgIpc) is 3.06. The maximum absolute atomic E-state index is 11.5. The SMILES string of the molecule is O=Cc1c(-c2cc3cc(Cl)ccc3o2)cc2ccccn12. The summed E-state index contributed by atoms with van der Waals surface area (Å²) in [6.45, 7) is 0. The van der Waals surface area contributed by atoms with Crippen LogP contribution in [0.5, 0.6) is 0 Å². The Morgan fingerprint density at radius 3 is 2.86 bits per heavy atom. The molecule has 0 bridgehead atoms. The van der Waals surface area contributed by atoms with Gasteiger partial charge in [-0.25, -0.2) is 0 Å². The highest BCUT2D eigenvalue weighted by molar-refractivity contribution is 6.31. The quantitative estimate of drug-likeness (QED) is 0.497. The lowest BCUT2D eigenvalue weighted by atomic mass is 10.2. The minimum absolute atomic E-state index is 0.579. The number of nitrogens with zero attached hydrogens (tertiary/aromatic N) is 1. The molecule has 0 aliphatic carbocycles. The van der Waals surface area contributed by atoms with Crippen LogP contribution >= 0.6 is 11.6 Å². The average molecular weight is 296 g/mol. The van der Waals surface area contributed by atoms with Crippen molar-refractivity contribution in [3.63, 3.8) is 0 Å². The first-order valence-corrected chi connectivity index (χ1v) is 6.89. The zero-order valence-electron chi connectivity index (χ0n) is 10.9. The molecule has 0 N–H and O–H groups in total. The highest BCUT2D eigenvalue weighted by atomic mass is 35.5. The predicted octanol–water partition coefficient (Wildman–Crippen LogP) is 4.82. The summed E-state index contributed by atoms with van der Waals surface area (Å²) in [4.78, 5) is 11.5. The number of benzene rings is 1. The zero-order valence-corrected chi connectivity index (χ0v) is 11.7. The number of carbonyl (C=O) groups is 1. The van der Waals surface area contributed by atoms with Crippen molar-refractivity contribution < 1.29 is 9.21 Å². The van der Waals surface area contributed by atoms with Gasteiger partial charge in [0.1, 0.15) is 11.3 Å². The van der Waals surface area contributed by atoms with Crippen LogP contribution in [0.25, 0.3) is 27.8 Å². The second-order valence-corrected chi connectivity index (χ2v) is 5.29. The number of hydrogen-bond donors (Lipinski definition) is 0. The largest absolute Gasteiger partial charge is 0.456 e. The smallest absolute Gasteiger partial charge is 0.167 e. The summed E-state index contributed by atoms with van der Waals surface area (Å²) in [5, 5.41) is 1.58. The Morgan fingerprint density at radius 1 is 1.10 bits per heavy atom. The van der Waals surface area contributed by atoms with E-state index < -0.39 is 0 Å². The molecule has 0 aliphatic rings. The third kappa shape index (κ3) is 1.86. The second-order valence-electron chi connectivity index (χ2n) is 4.85. The van der Waals surface area contributed by atoms with Crippen LogP contribution in [0.15, 0.2) is 59.1 Å². The molecular formula is C17H10ClNO2. The van der Waals surface area contributed by atoms with Crippen molar-refractivity contribution in [2.45, 2.75) is 0 Å². The van der Waals surface area contributed by atoms with E-state index in [4.69, 9.17) is 16.0 Å². The molecule has 3 heterocycles. The van der Waals surface area contributed by atoms with Crippen LogP contribution in [0.4, 0.5) is 0 Å². The molecule has 102 valence electrons. The van der Waals surface area contributed by atoms with Crippen LogP contribution in [-0.2, 0) is 0 Å². The summed E-state index contributed by atoms with van der Waals surface area (Å²) in [5.74, 6) is 0.665. The number of halogens is 1. The Kier molecular flexibility index (Phi) is 2.62. The summed E-state index contributed by atoms with van der Waals surface area (Å²) in [7, 11) is 0. The number of hydrogen-bond acceptors (Lipinski definition) is 2. The van der Waals surface area contributed by atoms with Gasteiger partial charge < -0.3 is 8.82 Å². The van der Waals surface area contributed by atoms with E-state index >= 15 is 0 Å². The third-order valence-corrected chi connectivity index (χ3v) is 3.81. The molecule has 0 atom stereocenters. The fraction of sp³-hybridized carbons (Fsp3) is 0. The van der Waals surface area contributed by atoms with E-state index in [-0.39, 0.29) is 0 Å². The molecule has 3 nitrogen and oxygen atoms in total. The van der Waals surface area contributed by atoms with Gasteiger partial charge in [-0.05, 0) is 42.5 Å². The number of aldehydes is 1. The van der Waals surface area contributed by atoms with Gasteiger partial charge in [0.05, 0.1) is 5.69 Å². The zero-order chi connectivity index (χ0) is 14.4. The Hall–Kier alpha value is -2.52. The van der Waals surface area contributed by atoms with Crippen LogP contribution in [0, 0.1) is 0 Å². The maximum Gasteiger partial charge on any atom is 0.167 e. The van der Waals surface area contributed by atoms with Crippen molar-refractivity contribution in [1.29, 1.82) is 0 Å². The Bertz CT molecular complexity index is 981. The normalized spacial score (nSPS) is 11.3. The summed E-state index contributed by atoms with van der Waals surface area (Å²) < 4.78 is 7.70. The van der Waals surface area contributed by atoms with Gasteiger partial charge in [0.15, 0.2) is 6.29 Å². The summed E-state index contributed by atoms with van der Waals surface area (Å²) in [6, 6.07) is 15.1. The van der Waals surface area contributed by atoms with E-state index in [1.54, 1.807) is 6.07 Å². The highest BCUT2D eigenvalue weighted by Gasteiger charge is 2.15. The first-order valence-electron chi connectivity index (χ1n) is 6.51. The van der Waals surface area contributed by atoms with Crippen molar-refractivity contribution in [3.8, 4) is 11.3 Å². The van der Waals surface area contributed by atoms with Crippen molar-refractivity contribution >= 4 is 34.4 Å². The van der Waals surface area contributed by atoms with Gasteiger partial charge in [-0.2, -0.15) is 0 Å². The van der Waals surface area contributed by atoms with Gasteiger partial charge in [-0.1, -0.05) is 17.7 Å². The molecule has 4 heteroatoms. The number of rotatable bonds is 2. The lowest BCUT2D eigenvalue weighted by Crippen LogP contribution is -1.90. The Labute approximate surface area is 125 Å². The molecule has 0 saturated heterocycles. The van der Waals surface area contributed by atoms with Gasteiger partial charge in [0.2, 0.25) is 0 Å². The Morgan fingerprint density at radius 2 is 2.00 bits per heavy atom. The van der Waals surface area contributed by atoms with Crippen molar-refractivity contribution in [1.82, 2.24) is 4.40 Å². The lowest BCUT2D eigenvalue weighted by Gasteiger charge is -1.96. The molecule has 21 heavy (non-hydrogen) atoms. The number of aromatic nitrogens is 1. The first kappa shape index (κ1) is 12.2. The molecule has 0 radical (unpaired) electrons. The van der Waals surface area contributed by atoms with E-state index in [9.17, 15) is 4.79 Å². The van der Waals surface area contributed by atoms with E-state index in [2.05, 4.69) is 0 Å². The summed E-state index contributed by atoms with van der Waals surface area (Å²) in [5.41, 5.74) is 3.06. The van der Waals surface area contributed by atoms with Crippen molar-refractivity contribution in [2.75, 3.05) is 0 Å². The number of pyridine rings is 1. The predicted molar refractivity (Wildman–Crippen MR) is 83.0 cm³/mol. The second kappa shape index (κ2) is 4.50. The topological polar surface area (TPSA) is 34.6 Å². The molecule has 4 aromatic rings. The third-order valence-electron chi connectivity index (χ3n) is 3.57. The lowest BCUT2D eigenvalue weighted by molar-refractivity contribution is 0.111. The highest BCUT2D eigenvalue weighted by Crippen LogP contribution is 2.32. The van der Waals surface area contributed by atoms with Gasteiger partial charge in [0, 0.05) is 27.7 Å². The molecule has 0 unspecified atom stereocenters. The van der Waals surface area contributed by atoms with Gasteiger partial charge in [-0.3, -0.25) is 4.79 Å². The Balaban J connectivity index is 2.01. The fourth-order valence-electron chi connectivity index (χ4n) is 2.61. The van der Waals surface area contributed by atoms with Crippen LogP contribution in [-0.4, -0.2) is 10.7 Å². The molecule has 0 aliphatic heterocycles. The summed E-state index contributed by atoms with van der Waals surface area (Å²) in [6.07, 6.45) is 2.71. The molecule has 0 amide bonds. The van der Waals surface area contributed by atoms with Gasteiger partial charge in [-0.15, -0.1) is 0 Å². The molecule has 0 fully saturated rings. The molecule has 0 spiro atoms. The minimum Gasteiger partial charge on any atom is -0.456 e. The molecule has 1 aromatic carbocycles. The first-order chi connectivity index (χ1) is 10.3. The molecule has 3 aromatic heterocycles. The standard InChI is InChI=1S/C17H10ClNO2/c18-12-4-5-16-11(7-12)8-17(21-16)14-9-13-3-1-2-6-19(13)15(14)10-20/h1-10H. The van der Waals surface area contributed by atoms with Crippen molar-refractivity contribution in [3.05, 3.63) is 65.4 Å². The van der Waals surface area contributed by atoms with Crippen LogP contribution in [0.2, 0.25) is 5.02 Å². The van der Waals surface area contributed by atoms with Crippen LogP contribution < -0.4 is 0 Å². The van der Waals surface area contributed by atoms with E-state index in [0.717, 1.165) is 28.3 Å². The minimum atomic E-state index is 0.579. The van der Waals surface area contributed by atoms with Crippen molar-refractivity contribution in [2.24, 2.45) is 0 Å². The molecular weight excluding hydrogens is 286 g/mol. The number of carbonyl (C=O) groups excluding carboxylic acids is 1. The van der Waals surface area contributed by atoms with Crippen LogP contribution in [0.1, 0.15) is 10.5 Å².